The van der Waals surface area contributed by atoms with Gasteiger partial charge in [-0.15, -0.1) is 0 Å². The highest BCUT2D eigenvalue weighted by molar-refractivity contribution is 6.33. The van der Waals surface area contributed by atoms with Gasteiger partial charge in [-0.25, -0.2) is 4.79 Å². The van der Waals surface area contributed by atoms with Crippen molar-refractivity contribution < 1.29 is 14.3 Å². The van der Waals surface area contributed by atoms with Crippen molar-refractivity contribution in [2.45, 2.75) is 25.0 Å². The van der Waals surface area contributed by atoms with Gasteiger partial charge in [0, 0.05) is 11.6 Å². The van der Waals surface area contributed by atoms with Crippen LogP contribution in [0.15, 0.2) is 48.5 Å². The number of hydrogen-bond donors (Lipinski definition) is 2. The predicted molar refractivity (Wildman–Crippen MR) is 91.6 cm³/mol. The zero-order valence-corrected chi connectivity index (χ0v) is 13.6. The third-order valence-corrected chi connectivity index (χ3v) is 4.09. The minimum absolute atomic E-state index is 0.138. The average Bonchev–Trinajstić information content (AvgIpc) is 3.39. The molecule has 3 N–H and O–H groups in total. The second kappa shape index (κ2) is 6.93. The highest BCUT2D eigenvalue weighted by Crippen LogP contribution is 2.27. The molecule has 1 aliphatic rings. The molecule has 0 aliphatic heterocycles. The third kappa shape index (κ3) is 3.68. The van der Waals surface area contributed by atoms with Crippen LogP contribution in [0.4, 0.5) is 5.69 Å². The van der Waals surface area contributed by atoms with Crippen LogP contribution >= 0.6 is 11.6 Å². The summed E-state index contributed by atoms with van der Waals surface area (Å²) in [6, 6.07) is 13.8. The topological polar surface area (TPSA) is 81.4 Å². The number of anilines is 1. The molecule has 5 nitrogen and oxygen atoms in total. The zero-order chi connectivity index (χ0) is 17.1. The van der Waals surface area contributed by atoms with Crippen molar-refractivity contribution in [3.8, 4) is 0 Å². The van der Waals surface area contributed by atoms with Gasteiger partial charge in [0.05, 0.1) is 16.3 Å². The van der Waals surface area contributed by atoms with E-state index in [0.717, 1.165) is 12.8 Å². The summed E-state index contributed by atoms with van der Waals surface area (Å²) in [4.78, 5) is 24.9. The van der Waals surface area contributed by atoms with Crippen LogP contribution in [-0.4, -0.2) is 17.9 Å². The summed E-state index contributed by atoms with van der Waals surface area (Å²) in [5, 5.41) is 3.13. The number of carbonyl (C=O) groups is 2. The number of rotatable bonds is 5. The van der Waals surface area contributed by atoms with Crippen molar-refractivity contribution in [1.82, 2.24) is 5.32 Å². The fourth-order valence-corrected chi connectivity index (χ4v) is 2.47. The predicted octanol–water partition coefficient (Wildman–Crippen LogP) is 3.10. The number of benzene rings is 2. The summed E-state index contributed by atoms with van der Waals surface area (Å²) in [5.74, 6) is -1.02. The summed E-state index contributed by atoms with van der Waals surface area (Å²) in [6.07, 6.45) is 0.864. The standard InChI is InChI=1S/C18H17ClN2O3/c19-14-8-4-7-13(15(14)20)18(23)24-16(11-5-2-1-3-6-11)17(22)21-12-9-10-12/h1-8,12,16H,9-10,20H2,(H,21,22)/t16-/m0/s1. The van der Waals surface area contributed by atoms with Crippen LogP contribution in [0.25, 0.3) is 0 Å². The second-order valence-corrected chi connectivity index (χ2v) is 6.09. The van der Waals surface area contributed by atoms with Crippen molar-refractivity contribution in [2.24, 2.45) is 0 Å². The van der Waals surface area contributed by atoms with Crippen molar-refractivity contribution in [2.75, 3.05) is 5.73 Å². The van der Waals surface area contributed by atoms with Gasteiger partial charge < -0.3 is 15.8 Å². The molecule has 1 fully saturated rings. The summed E-state index contributed by atoms with van der Waals surface area (Å²) >= 11 is 5.94. The van der Waals surface area contributed by atoms with E-state index in [9.17, 15) is 9.59 Å². The van der Waals surface area contributed by atoms with Crippen molar-refractivity contribution in [3.63, 3.8) is 0 Å². The largest absolute Gasteiger partial charge is 0.444 e. The van der Waals surface area contributed by atoms with Gasteiger partial charge in [0.15, 0.2) is 0 Å². The molecule has 6 heteroatoms. The van der Waals surface area contributed by atoms with Gasteiger partial charge in [0.25, 0.3) is 5.91 Å². The molecule has 0 saturated heterocycles. The maximum Gasteiger partial charge on any atom is 0.341 e. The first-order valence-electron chi connectivity index (χ1n) is 7.66. The van der Waals surface area contributed by atoms with Crippen LogP contribution in [0.3, 0.4) is 0 Å². The van der Waals surface area contributed by atoms with Gasteiger partial charge in [-0.2, -0.15) is 0 Å². The lowest BCUT2D eigenvalue weighted by molar-refractivity contribution is -0.130. The molecule has 0 spiro atoms. The molecule has 124 valence electrons. The van der Waals surface area contributed by atoms with Crippen LogP contribution in [0.2, 0.25) is 5.02 Å². The summed E-state index contributed by atoms with van der Waals surface area (Å²) < 4.78 is 5.46. The molecule has 2 aromatic rings. The first-order chi connectivity index (χ1) is 11.6. The average molecular weight is 345 g/mol. The number of halogens is 1. The molecule has 1 amide bonds. The molecular weight excluding hydrogens is 328 g/mol. The SMILES string of the molecule is Nc1c(Cl)cccc1C(=O)O[C@H](C(=O)NC1CC1)c1ccccc1. The number of esters is 1. The van der Waals surface area contributed by atoms with Gasteiger partial charge in [-0.1, -0.05) is 48.0 Å². The number of carbonyl (C=O) groups excluding carboxylic acids is 2. The Hall–Kier alpha value is -2.53. The Labute approximate surface area is 144 Å². The van der Waals surface area contributed by atoms with E-state index < -0.39 is 12.1 Å². The summed E-state index contributed by atoms with van der Waals surface area (Å²) in [7, 11) is 0. The van der Waals surface area contributed by atoms with E-state index in [1.807, 2.05) is 6.07 Å². The fourth-order valence-electron chi connectivity index (χ4n) is 2.29. The smallest absolute Gasteiger partial charge is 0.341 e. The van der Waals surface area contributed by atoms with E-state index in [4.69, 9.17) is 22.1 Å². The number of hydrogen-bond acceptors (Lipinski definition) is 4. The Kier molecular flexibility index (Phi) is 4.71. The van der Waals surface area contributed by atoms with Gasteiger partial charge in [0.2, 0.25) is 6.10 Å². The van der Waals surface area contributed by atoms with Gasteiger partial charge in [0.1, 0.15) is 0 Å². The van der Waals surface area contributed by atoms with E-state index in [1.54, 1.807) is 36.4 Å². The highest BCUT2D eigenvalue weighted by atomic mass is 35.5. The lowest BCUT2D eigenvalue weighted by Crippen LogP contribution is -2.33. The molecule has 0 heterocycles. The summed E-state index contributed by atoms with van der Waals surface area (Å²) in [6.45, 7) is 0. The lowest BCUT2D eigenvalue weighted by atomic mass is 10.1. The minimum atomic E-state index is -1.03. The first kappa shape index (κ1) is 16.3. The Morgan fingerprint density at radius 3 is 2.50 bits per heavy atom. The number of para-hydroxylation sites is 1. The third-order valence-electron chi connectivity index (χ3n) is 3.76. The molecule has 0 radical (unpaired) electrons. The van der Waals surface area contributed by atoms with Crippen LogP contribution in [0.1, 0.15) is 34.9 Å². The Morgan fingerprint density at radius 1 is 1.12 bits per heavy atom. The number of nitrogen functional groups attached to an aromatic ring is 1. The quantitative estimate of drug-likeness (QED) is 0.645. The number of amides is 1. The molecule has 1 atom stereocenters. The molecule has 0 aromatic heterocycles. The zero-order valence-electron chi connectivity index (χ0n) is 12.9. The van der Waals surface area contributed by atoms with Gasteiger partial charge in [-0.05, 0) is 25.0 Å². The van der Waals surface area contributed by atoms with Crippen molar-refractivity contribution >= 4 is 29.2 Å². The summed E-state index contributed by atoms with van der Waals surface area (Å²) in [5.41, 5.74) is 6.71. The molecule has 0 unspecified atom stereocenters. The van der Waals surface area contributed by atoms with Crippen LogP contribution in [0.5, 0.6) is 0 Å². The second-order valence-electron chi connectivity index (χ2n) is 5.68. The molecular formula is C18H17ClN2O3. The minimum Gasteiger partial charge on any atom is -0.444 e. The van der Waals surface area contributed by atoms with Crippen molar-refractivity contribution in [1.29, 1.82) is 0 Å². The molecule has 1 saturated carbocycles. The van der Waals surface area contributed by atoms with E-state index in [1.165, 1.54) is 6.07 Å². The van der Waals surface area contributed by atoms with E-state index in [2.05, 4.69) is 5.32 Å². The van der Waals surface area contributed by atoms with E-state index in [0.29, 0.717) is 5.56 Å². The fraction of sp³-hybridized carbons (Fsp3) is 0.222. The van der Waals surface area contributed by atoms with E-state index >= 15 is 0 Å². The number of nitrogens with two attached hydrogens (primary N) is 1. The van der Waals surface area contributed by atoms with E-state index in [-0.39, 0.29) is 28.2 Å². The maximum atomic E-state index is 12.5. The van der Waals surface area contributed by atoms with Crippen molar-refractivity contribution in [3.05, 3.63) is 64.7 Å². The highest BCUT2D eigenvalue weighted by Gasteiger charge is 2.31. The normalized spacial score (nSPS) is 14.7. The van der Waals surface area contributed by atoms with Crippen LogP contribution < -0.4 is 11.1 Å². The van der Waals surface area contributed by atoms with Gasteiger partial charge in [-0.3, -0.25) is 4.79 Å². The Bertz CT molecular complexity index is 760. The first-order valence-corrected chi connectivity index (χ1v) is 8.04. The molecule has 24 heavy (non-hydrogen) atoms. The molecule has 2 aromatic carbocycles. The Balaban J connectivity index is 1.84. The molecule has 1 aliphatic carbocycles. The maximum absolute atomic E-state index is 12.5. The molecule has 3 rings (SSSR count). The Morgan fingerprint density at radius 2 is 1.83 bits per heavy atom. The van der Waals surface area contributed by atoms with Crippen LogP contribution in [-0.2, 0) is 9.53 Å². The van der Waals surface area contributed by atoms with Crippen LogP contribution in [0, 0.1) is 0 Å². The number of nitrogens with one attached hydrogen (secondary N) is 1. The monoisotopic (exact) mass is 344 g/mol. The van der Waals surface area contributed by atoms with Gasteiger partial charge >= 0.3 is 5.97 Å². The number of ether oxygens (including phenoxy) is 1. The molecule has 0 bridgehead atoms. The lowest BCUT2D eigenvalue weighted by Gasteiger charge is -2.18.